The van der Waals surface area contributed by atoms with Crippen molar-refractivity contribution in [1.29, 1.82) is 0 Å². The molecule has 2 atom stereocenters. The highest BCUT2D eigenvalue weighted by molar-refractivity contribution is 6.31. The Kier molecular flexibility index (Phi) is 27.0. The summed E-state index contributed by atoms with van der Waals surface area (Å²) in [6.07, 6.45) is 30.5. The van der Waals surface area contributed by atoms with Crippen molar-refractivity contribution >= 4 is 69.4 Å². The zero-order chi connectivity index (χ0) is 93.0. The van der Waals surface area contributed by atoms with Crippen molar-refractivity contribution in [1.82, 2.24) is 98.3 Å². The van der Waals surface area contributed by atoms with Crippen LogP contribution in [-0.2, 0) is 0 Å². The molecule has 4 aromatic carbocycles. The minimum atomic E-state index is -1.26. The second-order valence-corrected chi connectivity index (χ2v) is 35.8. The van der Waals surface area contributed by atoms with E-state index in [1.54, 1.807) is 102 Å². The third kappa shape index (κ3) is 20.0. The van der Waals surface area contributed by atoms with E-state index in [4.69, 9.17) is 23.2 Å². The van der Waals surface area contributed by atoms with E-state index < -0.39 is 23.3 Å². The van der Waals surface area contributed by atoms with Crippen molar-refractivity contribution in [2.75, 3.05) is 67.5 Å². The average Bonchev–Trinajstić information content (AvgIpc) is 1.52. The second-order valence-electron chi connectivity index (χ2n) is 35.0. The normalized spacial score (nSPS) is 16.9. The molecule has 16 aromatic rings. The smallest absolute Gasteiger partial charge is 0.270 e. The molecule has 134 heavy (non-hydrogen) atoms. The number of rotatable bonds is 16. The first kappa shape index (κ1) is 90.7. The number of aromatic nitrogens is 12. The van der Waals surface area contributed by atoms with Crippen molar-refractivity contribution < 1.29 is 41.1 Å². The fraction of sp³-hybridized carbons (Fsp3) is 0.262. The van der Waals surface area contributed by atoms with Crippen molar-refractivity contribution in [2.24, 2.45) is 0 Å². The van der Waals surface area contributed by atoms with Crippen LogP contribution in [-0.4, -0.2) is 204 Å². The molecule has 5 saturated heterocycles. The standard InChI is InChI=1S/C28H28FN5O.C25H23ClFN5O.C25H24ClN5O.C25H22F3N5O/c1-17-12-18(5-9-24(17)29)27-23(4-3-11-30-27)19-6-10-26-31-15-25(34(26)16-19)28(35)32-20-13-21-7-8-22(14-20)33(21)2;1-31-11-8-18(9-12-31)30-25(33)22-14-29-23-7-5-17(15-32(22)23)19-3-2-10-28-24(19)16-4-6-21(27)20(26)13-16;1-30-12-9-20(10-13-30)29-25(32)22-15-28-23-8-7-18(16-31(22)23)21-6-3-11-27-24(21)17-4-2-5-19(26)14-17;1-32-9-6-16(7-10-32)31-25(34)22-13-30-23-5-4-15(14-33(22)23)17-3-2-8-29-24(17)18-11-20(27)21(28)12-19(18)26/h3-6,9-12,15-16,20-22H,7-8,13-14H2,1-2H3,(H,32,35);2-7,10,13-15,18H,8-9,11-12H2,1H3,(H,30,33);2-8,11,14-16,20H,9-10,12-13H2,1H3,(H,29,32);2-5,8,11-14,16H,6-7,9-10H2,1H3,(H,31,34). The number of amides is 4. The summed E-state index contributed by atoms with van der Waals surface area (Å²) in [5, 5.41) is 13.4. The van der Waals surface area contributed by atoms with Crippen molar-refractivity contribution in [3.8, 4) is 89.5 Å². The molecule has 2 bridgehead atoms. The number of nitrogens with one attached hydrogen (secondary N) is 4. The van der Waals surface area contributed by atoms with Crippen molar-refractivity contribution in [2.45, 2.75) is 107 Å². The van der Waals surface area contributed by atoms with Crippen molar-refractivity contribution in [3.63, 3.8) is 0 Å². The van der Waals surface area contributed by atoms with E-state index in [0.717, 1.165) is 158 Å². The number of carbonyl (C=O) groups excluding carboxylic acids is 4. The molecule has 0 saturated carbocycles. The summed E-state index contributed by atoms with van der Waals surface area (Å²) in [4.78, 5) is 97.1. The molecule has 17 heterocycles. The summed E-state index contributed by atoms with van der Waals surface area (Å²) in [5.41, 5.74) is 16.6. The number of benzene rings is 4. The van der Waals surface area contributed by atoms with E-state index >= 15 is 0 Å². The molecule has 682 valence electrons. The number of pyridine rings is 8. The van der Waals surface area contributed by atoms with Gasteiger partial charge in [0, 0.05) is 164 Å². The first-order valence-electron chi connectivity index (χ1n) is 44.8. The SMILES string of the molecule is CN1CCC(NC(=O)c2cnc3ccc(-c4cccnc4-c4cc(F)c(F)cc4F)cn23)CC1.CN1CCC(NC(=O)c2cnc3ccc(-c4cccnc4-c4ccc(F)c(Cl)c4)cn23)CC1.CN1CCC(NC(=O)c2cnc3ccc(-c4cccnc4-c4cccc(Cl)c4)cn23)CC1.Cc1cc(-c2ncccc2-c2ccc3ncc(C(=O)NC4CC5CCC(C4)N5C)n3c2)ccc1F. The second kappa shape index (κ2) is 39.9. The average molecular weight is 1840 g/mol. The van der Waals surface area contributed by atoms with Gasteiger partial charge in [-0.15, -0.1) is 0 Å². The number of aryl methyl sites for hydroxylation is 1. The Labute approximate surface area is 780 Å². The molecule has 2 unspecified atom stereocenters. The minimum Gasteiger partial charge on any atom is -0.348 e. The molecule has 31 heteroatoms. The topological polar surface area (TPSA) is 250 Å². The highest BCUT2D eigenvalue weighted by Gasteiger charge is 2.39. The van der Waals surface area contributed by atoms with Crippen LogP contribution in [0.4, 0.5) is 22.0 Å². The van der Waals surface area contributed by atoms with Gasteiger partial charge in [-0.3, -0.25) is 56.7 Å². The van der Waals surface area contributed by atoms with Crippen LogP contribution in [0.25, 0.3) is 112 Å². The summed E-state index contributed by atoms with van der Waals surface area (Å²) in [6.45, 7) is 7.53. The molecule has 0 aliphatic carbocycles. The van der Waals surface area contributed by atoms with Gasteiger partial charge < -0.3 is 40.9 Å². The van der Waals surface area contributed by atoms with Gasteiger partial charge in [0.15, 0.2) is 11.6 Å². The fourth-order valence-corrected chi connectivity index (χ4v) is 18.9. The lowest BCUT2D eigenvalue weighted by Crippen LogP contribution is -2.48. The van der Waals surface area contributed by atoms with Crippen LogP contribution in [0.2, 0.25) is 10.0 Å². The van der Waals surface area contributed by atoms with Crippen LogP contribution in [0.5, 0.6) is 0 Å². The predicted molar refractivity (Wildman–Crippen MR) is 509 cm³/mol. The van der Waals surface area contributed by atoms with Crippen molar-refractivity contribution in [3.05, 3.63) is 312 Å². The maximum absolute atomic E-state index is 14.5. The number of nitrogens with zero attached hydrogens (tertiary/aromatic N) is 16. The molecule has 5 aliphatic heterocycles. The Morgan fingerprint density at radius 3 is 1.03 bits per heavy atom. The number of likely N-dealkylation sites (tertiary alicyclic amines) is 3. The van der Waals surface area contributed by atoms with Crippen LogP contribution in [0.1, 0.15) is 112 Å². The fourth-order valence-electron chi connectivity index (χ4n) is 18.5. The monoisotopic (exact) mass is 1840 g/mol. The lowest BCUT2D eigenvalue weighted by Gasteiger charge is -2.36. The molecular weight excluding hydrogens is 1750 g/mol. The largest absolute Gasteiger partial charge is 0.348 e. The lowest BCUT2D eigenvalue weighted by atomic mass is 9.98. The van der Waals surface area contributed by atoms with Gasteiger partial charge >= 0.3 is 0 Å². The van der Waals surface area contributed by atoms with E-state index in [1.165, 1.54) is 37.4 Å². The molecule has 5 fully saturated rings. The van der Waals surface area contributed by atoms with E-state index in [2.05, 4.69) is 109 Å². The molecule has 0 radical (unpaired) electrons. The third-order valence-electron chi connectivity index (χ3n) is 26.0. The highest BCUT2D eigenvalue weighted by Crippen LogP contribution is 2.40. The van der Waals surface area contributed by atoms with Gasteiger partial charge in [0.2, 0.25) is 0 Å². The Balaban J connectivity index is 0.000000119. The first-order chi connectivity index (χ1) is 64.9. The molecular formula is C103H97Cl2F5N20O4. The van der Waals surface area contributed by atoms with Gasteiger partial charge in [0.25, 0.3) is 23.6 Å². The van der Waals surface area contributed by atoms with Gasteiger partial charge in [0.1, 0.15) is 62.8 Å². The van der Waals surface area contributed by atoms with E-state index in [1.807, 2.05) is 131 Å². The van der Waals surface area contributed by atoms with Crippen LogP contribution in [0.15, 0.2) is 244 Å². The Hall–Kier alpha value is -13.8. The number of carbonyl (C=O) groups is 4. The minimum absolute atomic E-state index is 0.0435. The number of fused-ring (bicyclic) bond motifs is 6. The summed E-state index contributed by atoms with van der Waals surface area (Å²) in [6, 6.07) is 50.4. The van der Waals surface area contributed by atoms with Gasteiger partial charge in [-0.2, -0.15) is 0 Å². The number of halogens is 7. The lowest BCUT2D eigenvalue weighted by molar-refractivity contribution is 0.0872. The Morgan fingerprint density at radius 1 is 0.321 bits per heavy atom. The van der Waals surface area contributed by atoms with E-state index in [0.29, 0.717) is 90.8 Å². The Bertz CT molecular complexity index is 7070. The van der Waals surface area contributed by atoms with Crippen LogP contribution in [0.3, 0.4) is 0 Å². The number of imidazole rings is 4. The van der Waals surface area contributed by atoms with Crippen LogP contribution >= 0.6 is 23.2 Å². The third-order valence-corrected chi connectivity index (χ3v) is 26.5. The molecule has 21 rings (SSSR count). The van der Waals surface area contributed by atoms with Crippen LogP contribution < -0.4 is 21.3 Å². The molecule has 0 spiro atoms. The molecule has 5 aliphatic rings. The summed E-state index contributed by atoms with van der Waals surface area (Å²) in [5.74, 6) is -4.60. The molecule has 24 nitrogen and oxygen atoms in total. The quantitative estimate of drug-likeness (QED) is 0.0518. The highest BCUT2D eigenvalue weighted by atomic mass is 35.5. The number of hydrogen-bond donors (Lipinski definition) is 4. The first-order valence-corrected chi connectivity index (χ1v) is 45.6. The molecule has 4 N–H and O–H groups in total. The number of piperidine rings is 4. The number of hydrogen-bond acceptors (Lipinski definition) is 16. The van der Waals surface area contributed by atoms with E-state index in [-0.39, 0.29) is 69.9 Å². The zero-order valence-corrected chi connectivity index (χ0v) is 75.8. The zero-order valence-electron chi connectivity index (χ0n) is 74.3. The van der Waals surface area contributed by atoms with Crippen LogP contribution in [0, 0.1) is 36.0 Å². The van der Waals surface area contributed by atoms with E-state index in [9.17, 15) is 41.1 Å². The Morgan fingerprint density at radius 2 is 0.657 bits per heavy atom. The van der Waals surface area contributed by atoms with Gasteiger partial charge in [-0.25, -0.2) is 41.9 Å². The maximum atomic E-state index is 14.5. The molecule has 4 amide bonds. The summed E-state index contributed by atoms with van der Waals surface area (Å²) < 4.78 is 76.6. The summed E-state index contributed by atoms with van der Waals surface area (Å²) in [7, 11) is 8.46. The summed E-state index contributed by atoms with van der Waals surface area (Å²) >= 11 is 12.2. The predicted octanol–water partition coefficient (Wildman–Crippen LogP) is 18.4. The maximum Gasteiger partial charge on any atom is 0.270 e. The van der Waals surface area contributed by atoms with Gasteiger partial charge in [0.05, 0.1) is 52.6 Å². The van der Waals surface area contributed by atoms with Gasteiger partial charge in [-0.1, -0.05) is 59.6 Å². The van der Waals surface area contributed by atoms with Gasteiger partial charge in [-0.05, 0) is 272 Å². The molecule has 12 aromatic heterocycles.